The van der Waals surface area contributed by atoms with Gasteiger partial charge >= 0.3 is 0 Å². The topological polar surface area (TPSA) is 58.6 Å². The number of carbonyl (C=O) groups excluding carboxylic acids is 2. The molecule has 1 aliphatic rings. The molecule has 1 fully saturated rings. The van der Waals surface area contributed by atoms with Crippen molar-refractivity contribution in [1.29, 1.82) is 0 Å². The van der Waals surface area contributed by atoms with Gasteiger partial charge in [0.2, 0.25) is 11.8 Å². The van der Waals surface area contributed by atoms with Crippen LogP contribution < -0.4 is 10.1 Å². The number of amides is 2. The predicted molar refractivity (Wildman–Crippen MR) is 100 cm³/mol. The van der Waals surface area contributed by atoms with Gasteiger partial charge in [-0.25, -0.2) is 0 Å². The van der Waals surface area contributed by atoms with E-state index in [-0.39, 0.29) is 23.1 Å². The molecule has 138 valence electrons. The van der Waals surface area contributed by atoms with E-state index >= 15 is 0 Å². The average Bonchev–Trinajstić information content (AvgIpc) is 2.56. The molecule has 0 bridgehead atoms. The number of hydrogen-bond acceptors (Lipinski definition) is 3. The highest BCUT2D eigenvalue weighted by atomic mass is 35.5. The molecule has 2 rings (SSSR count). The van der Waals surface area contributed by atoms with Gasteiger partial charge < -0.3 is 15.0 Å². The van der Waals surface area contributed by atoms with Crippen LogP contribution in [0.5, 0.6) is 5.75 Å². The summed E-state index contributed by atoms with van der Waals surface area (Å²) >= 11 is 6.10. The molecule has 0 saturated carbocycles. The van der Waals surface area contributed by atoms with Crippen LogP contribution in [0.1, 0.15) is 39.2 Å². The van der Waals surface area contributed by atoms with Crippen molar-refractivity contribution < 1.29 is 14.3 Å². The Morgan fingerprint density at radius 1 is 1.24 bits per heavy atom. The Kier molecular flexibility index (Phi) is 5.99. The maximum atomic E-state index is 12.6. The van der Waals surface area contributed by atoms with Crippen LogP contribution in [0.4, 0.5) is 5.69 Å². The van der Waals surface area contributed by atoms with Crippen LogP contribution in [0.2, 0.25) is 5.02 Å². The number of benzene rings is 1. The van der Waals surface area contributed by atoms with Crippen LogP contribution in [0, 0.1) is 18.3 Å². The van der Waals surface area contributed by atoms with Crippen molar-refractivity contribution in [3.8, 4) is 5.75 Å². The van der Waals surface area contributed by atoms with E-state index in [1.807, 2.05) is 38.7 Å². The number of anilines is 1. The number of hydrogen-bond donors (Lipinski definition) is 1. The first-order chi connectivity index (χ1) is 11.6. The number of nitrogens with one attached hydrogen (secondary N) is 1. The van der Waals surface area contributed by atoms with Gasteiger partial charge in [0.1, 0.15) is 5.75 Å². The molecule has 2 amide bonds. The fraction of sp³-hybridized carbons (Fsp3) is 0.579. The molecule has 0 unspecified atom stereocenters. The molecule has 1 saturated heterocycles. The summed E-state index contributed by atoms with van der Waals surface area (Å²) < 4.78 is 5.30. The van der Waals surface area contributed by atoms with Crippen molar-refractivity contribution in [3.63, 3.8) is 0 Å². The quantitative estimate of drug-likeness (QED) is 0.883. The third-order valence-corrected chi connectivity index (χ3v) is 4.94. The first kappa shape index (κ1) is 19.6. The lowest BCUT2D eigenvalue weighted by Crippen LogP contribution is -2.45. The summed E-state index contributed by atoms with van der Waals surface area (Å²) in [5.41, 5.74) is 1.12. The molecule has 1 aromatic rings. The van der Waals surface area contributed by atoms with Crippen LogP contribution in [-0.4, -0.2) is 36.9 Å². The Morgan fingerprint density at radius 2 is 1.84 bits per heavy atom. The van der Waals surface area contributed by atoms with Gasteiger partial charge in [-0.15, -0.1) is 0 Å². The van der Waals surface area contributed by atoms with E-state index < -0.39 is 0 Å². The molecule has 0 radical (unpaired) electrons. The van der Waals surface area contributed by atoms with Crippen molar-refractivity contribution in [3.05, 3.63) is 22.7 Å². The van der Waals surface area contributed by atoms with Gasteiger partial charge in [0.05, 0.1) is 12.8 Å². The largest absolute Gasteiger partial charge is 0.495 e. The smallest absolute Gasteiger partial charge is 0.227 e. The number of carbonyl (C=O) groups is 2. The van der Waals surface area contributed by atoms with Gasteiger partial charge in [-0.1, -0.05) is 32.4 Å². The second-order valence-electron chi connectivity index (χ2n) is 7.61. The lowest BCUT2D eigenvalue weighted by Gasteiger charge is -2.35. The fourth-order valence-electron chi connectivity index (χ4n) is 2.98. The van der Waals surface area contributed by atoms with Gasteiger partial charge in [0.15, 0.2) is 0 Å². The summed E-state index contributed by atoms with van der Waals surface area (Å²) in [5, 5.41) is 3.55. The van der Waals surface area contributed by atoms with Crippen molar-refractivity contribution in [2.75, 3.05) is 25.5 Å². The summed E-state index contributed by atoms with van der Waals surface area (Å²) in [6.45, 7) is 8.87. The predicted octanol–water partition coefficient (Wildman–Crippen LogP) is 3.88. The van der Waals surface area contributed by atoms with Gasteiger partial charge in [-0.2, -0.15) is 0 Å². The monoisotopic (exact) mass is 366 g/mol. The van der Waals surface area contributed by atoms with Crippen LogP contribution in [0.25, 0.3) is 0 Å². The van der Waals surface area contributed by atoms with Crippen LogP contribution in [0.15, 0.2) is 12.1 Å². The SMILES string of the molecule is COc1cc(Cl)c(C)cc1NC(=O)C1CCN(C(=O)C(C)(C)C)CC1. The van der Waals surface area contributed by atoms with Gasteiger partial charge in [-0.3, -0.25) is 9.59 Å². The van der Waals surface area contributed by atoms with Crippen molar-refractivity contribution in [1.82, 2.24) is 4.90 Å². The maximum absolute atomic E-state index is 12.6. The van der Waals surface area contributed by atoms with Crippen LogP contribution in [0.3, 0.4) is 0 Å². The minimum atomic E-state index is -0.386. The zero-order valence-electron chi connectivity index (χ0n) is 15.6. The van der Waals surface area contributed by atoms with E-state index in [2.05, 4.69) is 5.32 Å². The normalized spacial score (nSPS) is 15.8. The molecule has 1 N–H and O–H groups in total. The highest BCUT2D eigenvalue weighted by Gasteiger charge is 2.32. The lowest BCUT2D eigenvalue weighted by molar-refractivity contribution is -0.142. The van der Waals surface area contributed by atoms with Crippen molar-refractivity contribution in [2.24, 2.45) is 11.3 Å². The van der Waals surface area contributed by atoms with Gasteiger partial charge in [0.25, 0.3) is 0 Å². The van der Waals surface area contributed by atoms with Crippen LogP contribution in [-0.2, 0) is 9.59 Å². The molecular formula is C19H27ClN2O3. The molecule has 0 aromatic heterocycles. The maximum Gasteiger partial charge on any atom is 0.227 e. The standard InChI is InChI=1S/C19H27ClN2O3/c1-12-10-15(16(25-5)11-14(12)20)21-17(23)13-6-8-22(9-7-13)18(24)19(2,3)4/h10-11,13H,6-9H2,1-5H3,(H,21,23). The summed E-state index contributed by atoms with van der Waals surface area (Å²) in [5.74, 6) is 0.540. The number of aryl methyl sites for hydroxylation is 1. The molecule has 5 nitrogen and oxygen atoms in total. The summed E-state index contributed by atoms with van der Waals surface area (Å²) in [6.07, 6.45) is 1.34. The molecular weight excluding hydrogens is 340 g/mol. The molecule has 1 heterocycles. The Balaban J connectivity index is 2.00. The Morgan fingerprint density at radius 3 is 2.36 bits per heavy atom. The zero-order valence-corrected chi connectivity index (χ0v) is 16.4. The summed E-state index contributed by atoms with van der Waals surface area (Å²) in [6, 6.07) is 3.52. The minimum Gasteiger partial charge on any atom is -0.495 e. The number of likely N-dealkylation sites (tertiary alicyclic amines) is 1. The number of piperidine rings is 1. The second kappa shape index (κ2) is 7.65. The Hall–Kier alpha value is -1.75. The van der Waals surface area contributed by atoms with E-state index in [4.69, 9.17) is 16.3 Å². The molecule has 25 heavy (non-hydrogen) atoms. The van der Waals surface area contributed by atoms with Gasteiger partial charge in [0, 0.05) is 35.5 Å². The highest BCUT2D eigenvalue weighted by Crippen LogP contribution is 2.32. The number of methoxy groups -OCH3 is 1. The summed E-state index contributed by atoms with van der Waals surface area (Å²) in [7, 11) is 1.55. The van der Waals surface area contributed by atoms with E-state index in [9.17, 15) is 9.59 Å². The number of halogens is 1. The number of nitrogens with zero attached hydrogens (tertiary/aromatic N) is 1. The molecule has 0 aliphatic carbocycles. The van der Waals surface area contributed by atoms with Gasteiger partial charge in [-0.05, 0) is 31.4 Å². The first-order valence-electron chi connectivity index (χ1n) is 8.58. The van der Waals surface area contributed by atoms with E-state index in [1.165, 1.54) is 0 Å². The van der Waals surface area contributed by atoms with Crippen molar-refractivity contribution >= 4 is 29.1 Å². The fourth-order valence-corrected chi connectivity index (χ4v) is 3.14. The van der Waals surface area contributed by atoms with Crippen molar-refractivity contribution in [2.45, 2.75) is 40.5 Å². The van der Waals surface area contributed by atoms with E-state index in [0.717, 1.165) is 5.56 Å². The third kappa shape index (κ3) is 4.66. The highest BCUT2D eigenvalue weighted by molar-refractivity contribution is 6.31. The first-order valence-corrected chi connectivity index (χ1v) is 8.95. The molecule has 1 aliphatic heterocycles. The molecule has 0 atom stereocenters. The molecule has 0 spiro atoms. The molecule has 1 aromatic carbocycles. The third-order valence-electron chi connectivity index (χ3n) is 4.53. The zero-order chi connectivity index (χ0) is 18.8. The minimum absolute atomic E-state index is 0.0390. The molecule has 6 heteroatoms. The Bertz CT molecular complexity index is 659. The Labute approximate surface area is 154 Å². The second-order valence-corrected chi connectivity index (χ2v) is 8.01. The summed E-state index contributed by atoms with van der Waals surface area (Å²) in [4.78, 5) is 26.8. The number of ether oxygens (including phenoxy) is 1. The van der Waals surface area contributed by atoms with E-state index in [0.29, 0.717) is 42.4 Å². The lowest BCUT2D eigenvalue weighted by atomic mass is 9.90. The number of rotatable bonds is 3. The van der Waals surface area contributed by atoms with E-state index in [1.54, 1.807) is 13.2 Å². The van der Waals surface area contributed by atoms with Crippen LogP contribution >= 0.6 is 11.6 Å². The average molecular weight is 367 g/mol.